The minimum Gasteiger partial charge on any atom is -0.375 e. The second-order valence-corrected chi connectivity index (χ2v) is 6.37. The van der Waals surface area contributed by atoms with Crippen LogP contribution in [0.2, 0.25) is 0 Å². The number of ether oxygens (including phenoxy) is 1. The number of benzene rings is 1. The first-order valence-electron chi connectivity index (χ1n) is 8.42. The van der Waals surface area contributed by atoms with Crippen LogP contribution in [-0.2, 0) is 15.7 Å². The molecule has 2 saturated heterocycles. The summed E-state index contributed by atoms with van der Waals surface area (Å²) in [5.41, 5.74) is -0.115. The third-order valence-corrected chi connectivity index (χ3v) is 4.71. The van der Waals surface area contributed by atoms with E-state index in [9.17, 15) is 18.0 Å². The van der Waals surface area contributed by atoms with E-state index in [2.05, 4.69) is 5.32 Å². The van der Waals surface area contributed by atoms with Crippen molar-refractivity contribution >= 4 is 36.4 Å². The van der Waals surface area contributed by atoms with E-state index in [1.807, 2.05) is 11.8 Å². The molecule has 0 bridgehead atoms. The van der Waals surface area contributed by atoms with Crippen molar-refractivity contribution < 1.29 is 22.7 Å². The Kier molecular flexibility index (Phi) is 8.66. The van der Waals surface area contributed by atoms with Gasteiger partial charge in [-0.1, -0.05) is 6.07 Å². The Morgan fingerprint density at radius 2 is 1.85 bits per heavy atom. The number of morpholine rings is 1. The fourth-order valence-electron chi connectivity index (χ4n) is 3.27. The Morgan fingerprint density at radius 3 is 2.44 bits per heavy atom. The zero-order valence-corrected chi connectivity index (χ0v) is 16.5. The number of amides is 1. The van der Waals surface area contributed by atoms with E-state index in [1.165, 1.54) is 6.07 Å². The highest BCUT2D eigenvalue weighted by molar-refractivity contribution is 5.85. The van der Waals surface area contributed by atoms with Crippen molar-refractivity contribution in [3.63, 3.8) is 0 Å². The first kappa shape index (κ1) is 23.8. The zero-order valence-electron chi connectivity index (χ0n) is 14.9. The fraction of sp³-hybridized carbons (Fsp3) is 0.588. The molecule has 3 rings (SSSR count). The van der Waals surface area contributed by atoms with Crippen molar-refractivity contribution in [3.05, 3.63) is 29.8 Å². The third kappa shape index (κ3) is 5.63. The predicted octanol–water partition coefficient (Wildman–Crippen LogP) is 2.57. The molecule has 2 aliphatic heterocycles. The molecule has 0 saturated carbocycles. The summed E-state index contributed by atoms with van der Waals surface area (Å²) in [6.45, 7) is 5.09. The van der Waals surface area contributed by atoms with Gasteiger partial charge in [-0.2, -0.15) is 13.2 Å². The van der Waals surface area contributed by atoms with Gasteiger partial charge in [0.15, 0.2) is 0 Å². The second kappa shape index (κ2) is 9.82. The summed E-state index contributed by atoms with van der Waals surface area (Å²) >= 11 is 0. The van der Waals surface area contributed by atoms with E-state index >= 15 is 0 Å². The SMILES string of the molecule is C[C@H]1OCCN[C@@H]1C(=O)N1CCN(c2cccc(C(F)(F)F)c2)CC1.Cl.Cl. The average Bonchev–Trinajstić information content (AvgIpc) is 2.61. The number of hydrogen-bond acceptors (Lipinski definition) is 4. The highest BCUT2D eigenvalue weighted by Crippen LogP contribution is 2.31. The summed E-state index contributed by atoms with van der Waals surface area (Å²) in [4.78, 5) is 16.2. The van der Waals surface area contributed by atoms with Gasteiger partial charge >= 0.3 is 6.18 Å². The maximum atomic E-state index is 12.9. The third-order valence-electron chi connectivity index (χ3n) is 4.71. The quantitative estimate of drug-likeness (QED) is 0.784. The monoisotopic (exact) mass is 429 g/mol. The van der Waals surface area contributed by atoms with E-state index < -0.39 is 11.7 Å². The van der Waals surface area contributed by atoms with Crippen LogP contribution in [0.5, 0.6) is 0 Å². The smallest absolute Gasteiger partial charge is 0.375 e. The summed E-state index contributed by atoms with van der Waals surface area (Å²) in [6.07, 6.45) is -4.53. The lowest BCUT2D eigenvalue weighted by Gasteiger charge is -2.39. The molecule has 0 aromatic heterocycles. The Balaban J connectivity index is 0.00000182. The molecule has 0 aliphatic carbocycles. The summed E-state index contributed by atoms with van der Waals surface area (Å²) in [6, 6.07) is 4.97. The molecule has 2 fully saturated rings. The molecule has 154 valence electrons. The normalized spacial score (nSPS) is 23.3. The summed E-state index contributed by atoms with van der Waals surface area (Å²) in [7, 11) is 0. The molecule has 2 heterocycles. The Hall–Kier alpha value is -1.22. The highest BCUT2D eigenvalue weighted by atomic mass is 35.5. The number of carbonyl (C=O) groups is 1. The lowest BCUT2D eigenvalue weighted by molar-refractivity contribution is -0.139. The van der Waals surface area contributed by atoms with Crippen molar-refractivity contribution in [1.29, 1.82) is 0 Å². The van der Waals surface area contributed by atoms with E-state index in [0.29, 0.717) is 45.0 Å². The summed E-state index contributed by atoms with van der Waals surface area (Å²) in [5.74, 6) is -0.00380. The molecule has 27 heavy (non-hydrogen) atoms. The number of hydrogen-bond donors (Lipinski definition) is 1. The van der Waals surface area contributed by atoms with Crippen LogP contribution in [0.15, 0.2) is 24.3 Å². The van der Waals surface area contributed by atoms with Crippen molar-refractivity contribution in [2.75, 3.05) is 44.2 Å². The van der Waals surface area contributed by atoms with Gasteiger partial charge in [0.25, 0.3) is 0 Å². The predicted molar refractivity (Wildman–Crippen MR) is 102 cm³/mol. The topological polar surface area (TPSA) is 44.8 Å². The van der Waals surface area contributed by atoms with Crippen molar-refractivity contribution in [2.24, 2.45) is 0 Å². The zero-order chi connectivity index (χ0) is 18.0. The van der Waals surface area contributed by atoms with E-state index in [1.54, 1.807) is 11.0 Å². The van der Waals surface area contributed by atoms with Crippen LogP contribution in [0.1, 0.15) is 12.5 Å². The van der Waals surface area contributed by atoms with Crippen LogP contribution in [-0.4, -0.2) is 62.3 Å². The van der Waals surface area contributed by atoms with Crippen molar-refractivity contribution in [3.8, 4) is 0 Å². The average molecular weight is 430 g/mol. The number of nitrogens with one attached hydrogen (secondary N) is 1. The standard InChI is InChI=1S/C17H22F3N3O2.2ClH/c1-12-15(21-5-10-25-12)16(24)23-8-6-22(7-9-23)14-4-2-3-13(11-14)17(18,19)20;;/h2-4,11-12,15,21H,5-10H2,1H3;2*1H/t12-,15+;;/m1../s1. The van der Waals surface area contributed by atoms with Crippen molar-refractivity contribution in [1.82, 2.24) is 10.2 Å². The minimum absolute atomic E-state index is 0. The molecule has 5 nitrogen and oxygen atoms in total. The number of anilines is 1. The molecule has 2 atom stereocenters. The molecule has 0 spiro atoms. The molecule has 2 aliphatic rings. The van der Waals surface area contributed by atoms with Crippen LogP contribution in [0, 0.1) is 0 Å². The summed E-state index contributed by atoms with van der Waals surface area (Å²) < 4.78 is 44.1. The highest BCUT2D eigenvalue weighted by Gasteiger charge is 2.34. The molecule has 1 N–H and O–H groups in total. The Labute approximate surface area is 169 Å². The van der Waals surface area contributed by atoms with Crippen LogP contribution in [0.3, 0.4) is 0 Å². The van der Waals surface area contributed by atoms with Gasteiger partial charge in [0, 0.05) is 38.4 Å². The van der Waals surface area contributed by atoms with Gasteiger partial charge in [-0.3, -0.25) is 4.79 Å². The molecule has 10 heteroatoms. The number of rotatable bonds is 2. The Morgan fingerprint density at radius 1 is 1.19 bits per heavy atom. The molecular weight excluding hydrogens is 406 g/mol. The first-order chi connectivity index (χ1) is 11.9. The van der Waals surface area contributed by atoms with Crippen molar-refractivity contribution in [2.45, 2.75) is 25.2 Å². The molecule has 1 aromatic carbocycles. The number of piperazine rings is 1. The number of nitrogens with zero attached hydrogens (tertiary/aromatic N) is 2. The van der Waals surface area contributed by atoms with Gasteiger partial charge in [0.1, 0.15) is 6.04 Å². The van der Waals surface area contributed by atoms with Gasteiger partial charge in [0.05, 0.1) is 18.3 Å². The first-order valence-corrected chi connectivity index (χ1v) is 8.42. The second-order valence-electron chi connectivity index (χ2n) is 6.37. The fourth-order valence-corrected chi connectivity index (χ4v) is 3.27. The lowest BCUT2D eigenvalue weighted by atomic mass is 10.1. The molecular formula is C17H24Cl2F3N3O2. The Bertz CT molecular complexity index is 626. The van der Waals surface area contributed by atoms with Gasteiger partial charge in [0.2, 0.25) is 5.91 Å². The van der Waals surface area contributed by atoms with Gasteiger partial charge in [-0.25, -0.2) is 0 Å². The molecule has 1 amide bonds. The number of alkyl halides is 3. The lowest BCUT2D eigenvalue weighted by Crippen LogP contribution is -2.59. The van der Waals surface area contributed by atoms with Crippen LogP contribution >= 0.6 is 24.8 Å². The number of carbonyl (C=O) groups excluding carboxylic acids is 1. The molecule has 0 radical (unpaired) electrons. The van der Waals surface area contributed by atoms with Gasteiger partial charge < -0.3 is 19.9 Å². The van der Waals surface area contributed by atoms with Crippen LogP contribution in [0.25, 0.3) is 0 Å². The molecule has 1 aromatic rings. The van der Waals surface area contributed by atoms with Gasteiger partial charge in [-0.15, -0.1) is 24.8 Å². The summed E-state index contributed by atoms with van der Waals surface area (Å²) in [5, 5.41) is 3.18. The van der Waals surface area contributed by atoms with E-state index in [-0.39, 0.29) is 42.9 Å². The van der Waals surface area contributed by atoms with Crippen LogP contribution < -0.4 is 10.2 Å². The number of halogens is 5. The minimum atomic E-state index is -4.35. The maximum absolute atomic E-state index is 12.9. The van der Waals surface area contributed by atoms with Crippen LogP contribution in [0.4, 0.5) is 18.9 Å². The largest absolute Gasteiger partial charge is 0.416 e. The van der Waals surface area contributed by atoms with Gasteiger partial charge in [-0.05, 0) is 25.1 Å². The maximum Gasteiger partial charge on any atom is 0.416 e. The molecule has 0 unspecified atom stereocenters. The van der Waals surface area contributed by atoms with E-state index in [0.717, 1.165) is 12.1 Å². The van der Waals surface area contributed by atoms with E-state index in [4.69, 9.17) is 4.74 Å².